The number of nitrogens with one attached hydrogen (secondary N) is 1. The van der Waals surface area contributed by atoms with Gasteiger partial charge in [0.05, 0.1) is 7.11 Å². The van der Waals surface area contributed by atoms with E-state index in [1.54, 1.807) is 16.8 Å². The monoisotopic (exact) mass is 396 g/mol. The molecule has 0 aliphatic heterocycles. The SMILES string of the molecule is COC(=O)[C@@H](Cc1ccccc1)NC(=O)c1cccn(CC2CCCCC2)c1=O. The normalized spacial score (nSPS) is 15.5. The van der Waals surface area contributed by atoms with E-state index < -0.39 is 17.9 Å². The number of ether oxygens (including phenoxy) is 1. The largest absolute Gasteiger partial charge is 0.467 e. The summed E-state index contributed by atoms with van der Waals surface area (Å²) >= 11 is 0. The van der Waals surface area contributed by atoms with Gasteiger partial charge in [-0.05, 0) is 36.5 Å². The highest BCUT2D eigenvalue weighted by molar-refractivity contribution is 5.96. The van der Waals surface area contributed by atoms with Crippen molar-refractivity contribution >= 4 is 11.9 Å². The number of methoxy groups -OCH3 is 1. The number of nitrogens with zero attached hydrogens (tertiary/aromatic N) is 1. The van der Waals surface area contributed by atoms with Crippen LogP contribution in [0.25, 0.3) is 0 Å². The summed E-state index contributed by atoms with van der Waals surface area (Å²) in [5.74, 6) is -0.624. The summed E-state index contributed by atoms with van der Waals surface area (Å²) in [4.78, 5) is 37.8. The average molecular weight is 396 g/mol. The van der Waals surface area contributed by atoms with Gasteiger partial charge in [-0.25, -0.2) is 4.79 Å². The van der Waals surface area contributed by atoms with E-state index in [-0.39, 0.29) is 11.1 Å². The van der Waals surface area contributed by atoms with Gasteiger partial charge in [-0.2, -0.15) is 0 Å². The third-order valence-corrected chi connectivity index (χ3v) is 5.52. The van der Waals surface area contributed by atoms with E-state index in [0.29, 0.717) is 18.9 Å². The summed E-state index contributed by atoms with van der Waals surface area (Å²) in [5.41, 5.74) is 0.621. The highest BCUT2D eigenvalue weighted by Crippen LogP contribution is 2.24. The Balaban J connectivity index is 1.74. The summed E-state index contributed by atoms with van der Waals surface area (Å²) in [6.07, 6.45) is 7.90. The molecule has 6 nitrogen and oxygen atoms in total. The third kappa shape index (κ3) is 5.56. The van der Waals surface area contributed by atoms with Crippen molar-refractivity contribution in [3.63, 3.8) is 0 Å². The van der Waals surface area contributed by atoms with E-state index in [0.717, 1.165) is 18.4 Å². The number of benzene rings is 1. The fourth-order valence-electron chi connectivity index (χ4n) is 3.92. The number of hydrogen-bond donors (Lipinski definition) is 1. The van der Waals surface area contributed by atoms with Gasteiger partial charge in [-0.3, -0.25) is 9.59 Å². The second-order valence-corrected chi connectivity index (χ2v) is 7.62. The number of amides is 1. The second kappa shape index (κ2) is 10.0. The first kappa shape index (κ1) is 20.8. The van der Waals surface area contributed by atoms with Gasteiger partial charge >= 0.3 is 5.97 Å². The smallest absolute Gasteiger partial charge is 0.328 e. The van der Waals surface area contributed by atoms with Crippen LogP contribution in [0.15, 0.2) is 53.5 Å². The zero-order valence-corrected chi connectivity index (χ0v) is 16.8. The van der Waals surface area contributed by atoms with Crippen molar-refractivity contribution in [2.75, 3.05) is 7.11 Å². The summed E-state index contributed by atoms with van der Waals surface area (Å²) < 4.78 is 6.46. The molecule has 1 aromatic heterocycles. The van der Waals surface area contributed by atoms with Crippen molar-refractivity contribution in [3.05, 3.63) is 70.1 Å². The Morgan fingerprint density at radius 2 is 1.83 bits per heavy atom. The van der Waals surface area contributed by atoms with Gasteiger partial charge in [0.15, 0.2) is 0 Å². The van der Waals surface area contributed by atoms with Crippen molar-refractivity contribution in [1.82, 2.24) is 9.88 Å². The van der Waals surface area contributed by atoms with Crippen LogP contribution in [-0.2, 0) is 22.5 Å². The minimum Gasteiger partial charge on any atom is -0.467 e. The lowest BCUT2D eigenvalue weighted by molar-refractivity contribution is -0.142. The van der Waals surface area contributed by atoms with E-state index in [2.05, 4.69) is 5.32 Å². The predicted molar refractivity (Wildman–Crippen MR) is 111 cm³/mol. The maximum Gasteiger partial charge on any atom is 0.328 e. The Morgan fingerprint density at radius 1 is 1.10 bits per heavy atom. The molecule has 1 aliphatic rings. The van der Waals surface area contributed by atoms with E-state index in [4.69, 9.17) is 4.74 Å². The van der Waals surface area contributed by atoms with Crippen molar-refractivity contribution in [3.8, 4) is 0 Å². The molecule has 29 heavy (non-hydrogen) atoms. The highest BCUT2D eigenvalue weighted by Gasteiger charge is 2.24. The van der Waals surface area contributed by atoms with Crippen LogP contribution in [-0.4, -0.2) is 29.6 Å². The fraction of sp³-hybridized carbons (Fsp3) is 0.435. The molecule has 0 spiro atoms. The van der Waals surface area contributed by atoms with Gasteiger partial charge in [0.25, 0.3) is 11.5 Å². The van der Waals surface area contributed by atoms with Crippen LogP contribution in [0.4, 0.5) is 0 Å². The Morgan fingerprint density at radius 3 is 2.52 bits per heavy atom. The van der Waals surface area contributed by atoms with E-state index in [1.807, 2.05) is 30.3 Å². The van der Waals surface area contributed by atoms with Crippen LogP contribution in [0.5, 0.6) is 0 Å². The Kier molecular flexibility index (Phi) is 7.22. The van der Waals surface area contributed by atoms with Crippen molar-refractivity contribution < 1.29 is 14.3 Å². The number of pyridine rings is 1. The van der Waals surface area contributed by atoms with E-state index in [1.165, 1.54) is 32.4 Å². The van der Waals surface area contributed by atoms with Crippen LogP contribution in [0.1, 0.15) is 48.0 Å². The fourth-order valence-corrected chi connectivity index (χ4v) is 3.92. The molecule has 0 bridgehead atoms. The first-order valence-electron chi connectivity index (χ1n) is 10.2. The van der Waals surface area contributed by atoms with Crippen LogP contribution < -0.4 is 10.9 Å². The molecule has 0 unspecified atom stereocenters. The molecule has 6 heteroatoms. The zero-order chi connectivity index (χ0) is 20.6. The summed E-state index contributed by atoms with van der Waals surface area (Å²) in [5, 5.41) is 2.68. The molecule has 1 atom stereocenters. The summed E-state index contributed by atoms with van der Waals surface area (Å²) in [6.45, 7) is 0.629. The topological polar surface area (TPSA) is 77.4 Å². The van der Waals surface area contributed by atoms with Crippen molar-refractivity contribution in [2.24, 2.45) is 5.92 Å². The summed E-state index contributed by atoms with van der Waals surface area (Å²) in [7, 11) is 1.28. The molecule has 1 N–H and O–H groups in total. The standard InChI is InChI=1S/C23H28N2O4/c1-29-23(28)20(15-17-9-4-2-5-10-17)24-21(26)19-13-8-14-25(22(19)27)16-18-11-6-3-7-12-18/h2,4-5,8-10,13-14,18,20H,3,6-7,11-12,15-16H2,1H3,(H,24,26)/t20-/m1/s1. The van der Waals surface area contributed by atoms with Gasteiger partial charge in [0.2, 0.25) is 0 Å². The van der Waals surface area contributed by atoms with E-state index >= 15 is 0 Å². The Hall–Kier alpha value is -2.89. The average Bonchev–Trinajstić information content (AvgIpc) is 2.75. The second-order valence-electron chi connectivity index (χ2n) is 7.62. The maximum absolute atomic E-state index is 12.8. The quantitative estimate of drug-likeness (QED) is 0.730. The van der Waals surface area contributed by atoms with Crippen molar-refractivity contribution in [2.45, 2.75) is 51.1 Å². The molecule has 154 valence electrons. The number of hydrogen-bond acceptors (Lipinski definition) is 4. The number of carbonyl (C=O) groups is 2. The molecule has 2 aromatic rings. The van der Waals surface area contributed by atoms with E-state index in [9.17, 15) is 14.4 Å². The van der Waals surface area contributed by atoms with Gasteiger partial charge in [0.1, 0.15) is 11.6 Å². The zero-order valence-electron chi connectivity index (χ0n) is 16.8. The van der Waals surface area contributed by atoms with Gasteiger partial charge in [-0.15, -0.1) is 0 Å². The van der Waals surface area contributed by atoms with Gasteiger partial charge in [0, 0.05) is 19.2 Å². The Labute approximate surface area is 170 Å². The summed E-state index contributed by atoms with van der Waals surface area (Å²) in [6, 6.07) is 11.7. The molecule has 0 radical (unpaired) electrons. The lowest BCUT2D eigenvalue weighted by Crippen LogP contribution is -2.45. The Bertz CT molecular complexity index is 885. The molecule has 0 saturated heterocycles. The molecule has 1 aromatic carbocycles. The first-order chi connectivity index (χ1) is 14.1. The lowest BCUT2D eigenvalue weighted by Gasteiger charge is -2.22. The van der Waals surface area contributed by atoms with Crippen LogP contribution in [0.2, 0.25) is 0 Å². The van der Waals surface area contributed by atoms with Crippen LogP contribution in [0, 0.1) is 5.92 Å². The highest BCUT2D eigenvalue weighted by atomic mass is 16.5. The predicted octanol–water partition coefficient (Wildman–Crippen LogP) is 2.94. The molecule has 1 aliphatic carbocycles. The molecule has 1 fully saturated rings. The number of aromatic nitrogens is 1. The minimum atomic E-state index is -0.860. The number of esters is 1. The maximum atomic E-state index is 12.8. The van der Waals surface area contributed by atoms with Crippen molar-refractivity contribution in [1.29, 1.82) is 0 Å². The van der Waals surface area contributed by atoms with Crippen LogP contribution >= 0.6 is 0 Å². The number of rotatable bonds is 7. The molecular weight excluding hydrogens is 368 g/mol. The molecule has 1 saturated carbocycles. The molecular formula is C23H28N2O4. The third-order valence-electron chi connectivity index (χ3n) is 5.52. The number of carbonyl (C=O) groups excluding carboxylic acids is 2. The first-order valence-corrected chi connectivity index (χ1v) is 10.2. The molecule has 1 amide bonds. The van der Waals surface area contributed by atoms with Gasteiger partial charge in [-0.1, -0.05) is 49.6 Å². The minimum absolute atomic E-state index is 0.0466. The van der Waals surface area contributed by atoms with Gasteiger partial charge < -0.3 is 14.6 Å². The van der Waals surface area contributed by atoms with Crippen LogP contribution in [0.3, 0.4) is 0 Å². The molecule has 3 rings (SSSR count). The lowest BCUT2D eigenvalue weighted by atomic mass is 9.89. The molecule has 1 heterocycles.